The molecule has 0 saturated heterocycles. The molecule has 0 bridgehead atoms. The van der Waals surface area contributed by atoms with E-state index in [9.17, 15) is 4.79 Å². The summed E-state index contributed by atoms with van der Waals surface area (Å²) in [4.78, 5) is 18.5. The maximum atomic E-state index is 11.6. The first kappa shape index (κ1) is 12.7. The third-order valence-electron chi connectivity index (χ3n) is 4.40. The van der Waals surface area contributed by atoms with Crippen LogP contribution in [0, 0.1) is 0 Å². The minimum atomic E-state index is -0.386. The predicted octanol–water partition coefficient (Wildman–Crippen LogP) is 1.48. The number of nitrogens with zero attached hydrogens (tertiary/aromatic N) is 3. The number of rotatable bonds is 2. The standard InChI is InChI=1S/C14H22N4O/c1-17-7-4-8-18-11(9-17)12(13(15)19)16-14(18)10-5-2-3-6-10/h10H,2-9H2,1H3,(H2,15,19). The molecular weight excluding hydrogens is 240 g/mol. The number of aromatic nitrogens is 2. The third-order valence-corrected chi connectivity index (χ3v) is 4.40. The van der Waals surface area contributed by atoms with Gasteiger partial charge in [0.1, 0.15) is 5.82 Å². The van der Waals surface area contributed by atoms with Gasteiger partial charge in [-0.25, -0.2) is 4.98 Å². The van der Waals surface area contributed by atoms with E-state index in [2.05, 4.69) is 21.5 Å². The molecule has 19 heavy (non-hydrogen) atoms. The molecule has 5 heteroatoms. The molecule has 1 aliphatic carbocycles. The molecule has 0 spiro atoms. The summed E-state index contributed by atoms with van der Waals surface area (Å²) in [6.45, 7) is 2.80. The summed E-state index contributed by atoms with van der Waals surface area (Å²) in [6, 6.07) is 0. The fourth-order valence-corrected chi connectivity index (χ4v) is 3.44. The van der Waals surface area contributed by atoms with Gasteiger partial charge in [-0.15, -0.1) is 0 Å². The van der Waals surface area contributed by atoms with Crippen molar-refractivity contribution in [3.63, 3.8) is 0 Å². The summed E-state index contributed by atoms with van der Waals surface area (Å²) >= 11 is 0. The number of hydrogen-bond donors (Lipinski definition) is 1. The molecule has 2 heterocycles. The van der Waals surface area contributed by atoms with Crippen molar-refractivity contribution in [1.82, 2.24) is 14.5 Å². The number of carbonyl (C=O) groups excluding carboxylic acids is 1. The SMILES string of the molecule is CN1CCCn2c(C3CCCC3)nc(C(N)=O)c2C1. The van der Waals surface area contributed by atoms with Crippen molar-refractivity contribution in [3.8, 4) is 0 Å². The number of nitrogens with two attached hydrogens (primary N) is 1. The largest absolute Gasteiger partial charge is 0.364 e. The average molecular weight is 262 g/mol. The zero-order chi connectivity index (χ0) is 13.4. The zero-order valence-electron chi connectivity index (χ0n) is 11.6. The van der Waals surface area contributed by atoms with Gasteiger partial charge in [0, 0.05) is 19.0 Å². The molecule has 1 aromatic heterocycles. The summed E-state index contributed by atoms with van der Waals surface area (Å²) in [5.41, 5.74) is 7.03. The maximum absolute atomic E-state index is 11.6. The van der Waals surface area contributed by atoms with Crippen LogP contribution in [0.4, 0.5) is 0 Å². The van der Waals surface area contributed by atoms with E-state index in [0.717, 1.165) is 37.6 Å². The van der Waals surface area contributed by atoms with E-state index in [1.165, 1.54) is 25.7 Å². The van der Waals surface area contributed by atoms with Crippen LogP contribution in [0.15, 0.2) is 0 Å². The molecule has 5 nitrogen and oxygen atoms in total. The highest BCUT2D eigenvalue weighted by atomic mass is 16.1. The van der Waals surface area contributed by atoms with Gasteiger partial charge in [0.05, 0.1) is 5.69 Å². The number of carbonyl (C=O) groups is 1. The number of amides is 1. The average Bonchev–Trinajstić information content (AvgIpc) is 2.94. The Balaban J connectivity index is 2.05. The molecule has 3 rings (SSSR count). The lowest BCUT2D eigenvalue weighted by Gasteiger charge is -2.13. The van der Waals surface area contributed by atoms with Crippen LogP contribution in [0.1, 0.15) is 60.0 Å². The van der Waals surface area contributed by atoms with Crippen molar-refractivity contribution in [2.24, 2.45) is 5.73 Å². The third kappa shape index (κ3) is 2.27. The normalized spacial score (nSPS) is 21.3. The van der Waals surface area contributed by atoms with Crippen LogP contribution in [0.25, 0.3) is 0 Å². The first-order chi connectivity index (χ1) is 9.16. The summed E-state index contributed by atoms with van der Waals surface area (Å²) < 4.78 is 2.28. The lowest BCUT2D eigenvalue weighted by molar-refractivity contribution is 0.0994. The number of imidazole rings is 1. The van der Waals surface area contributed by atoms with Crippen LogP contribution in [-0.2, 0) is 13.1 Å². The molecule has 104 valence electrons. The Hall–Kier alpha value is -1.36. The molecule has 1 aromatic rings. The van der Waals surface area contributed by atoms with Crippen molar-refractivity contribution in [2.45, 2.75) is 51.1 Å². The summed E-state index contributed by atoms with van der Waals surface area (Å²) in [5.74, 6) is 1.25. The van der Waals surface area contributed by atoms with Gasteiger partial charge >= 0.3 is 0 Å². The second kappa shape index (κ2) is 4.96. The van der Waals surface area contributed by atoms with Gasteiger partial charge in [-0.3, -0.25) is 4.79 Å². The minimum Gasteiger partial charge on any atom is -0.364 e. The second-order valence-electron chi connectivity index (χ2n) is 5.85. The summed E-state index contributed by atoms with van der Waals surface area (Å²) in [5, 5.41) is 0. The maximum Gasteiger partial charge on any atom is 0.269 e. The van der Waals surface area contributed by atoms with Crippen LogP contribution in [-0.4, -0.2) is 34.0 Å². The smallest absolute Gasteiger partial charge is 0.269 e. The topological polar surface area (TPSA) is 64.2 Å². The van der Waals surface area contributed by atoms with Crippen LogP contribution in [0.3, 0.4) is 0 Å². The van der Waals surface area contributed by atoms with Crippen LogP contribution >= 0.6 is 0 Å². The van der Waals surface area contributed by atoms with E-state index >= 15 is 0 Å². The number of fused-ring (bicyclic) bond motifs is 1. The highest BCUT2D eigenvalue weighted by molar-refractivity contribution is 5.92. The molecule has 1 aliphatic heterocycles. The van der Waals surface area contributed by atoms with E-state index < -0.39 is 0 Å². The van der Waals surface area contributed by atoms with E-state index in [-0.39, 0.29) is 5.91 Å². The van der Waals surface area contributed by atoms with Crippen LogP contribution < -0.4 is 5.73 Å². The molecule has 2 aliphatic rings. The Bertz CT molecular complexity index is 488. The first-order valence-electron chi connectivity index (χ1n) is 7.24. The second-order valence-corrected chi connectivity index (χ2v) is 5.85. The zero-order valence-corrected chi connectivity index (χ0v) is 11.6. The first-order valence-corrected chi connectivity index (χ1v) is 7.24. The Morgan fingerprint density at radius 3 is 2.68 bits per heavy atom. The van der Waals surface area contributed by atoms with Crippen molar-refractivity contribution >= 4 is 5.91 Å². The Kier molecular flexibility index (Phi) is 3.31. The van der Waals surface area contributed by atoms with Crippen molar-refractivity contribution in [1.29, 1.82) is 0 Å². The van der Waals surface area contributed by atoms with E-state index in [4.69, 9.17) is 5.73 Å². The van der Waals surface area contributed by atoms with Gasteiger partial charge in [-0.05, 0) is 32.9 Å². The number of primary amides is 1. The van der Waals surface area contributed by atoms with Gasteiger partial charge < -0.3 is 15.2 Å². The molecular formula is C14H22N4O. The molecule has 1 fully saturated rings. The lowest BCUT2D eigenvalue weighted by atomic mass is 10.1. The summed E-state index contributed by atoms with van der Waals surface area (Å²) in [7, 11) is 2.09. The van der Waals surface area contributed by atoms with Crippen molar-refractivity contribution in [2.75, 3.05) is 13.6 Å². The fraction of sp³-hybridized carbons (Fsp3) is 0.714. The van der Waals surface area contributed by atoms with Gasteiger partial charge in [0.2, 0.25) is 0 Å². The van der Waals surface area contributed by atoms with E-state index in [0.29, 0.717) is 11.6 Å². The van der Waals surface area contributed by atoms with Crippen LogP contribution in [0.5, 0.6) is 0 Å². The highest BCUT2D eigenvalue weighted by Gasteiger charge is 2.29. The fourth-order valence-electron chi connectivity index (χ4n) is 3.44. The van der Waals surface area contributed by atoms with Gasteiger partial charge in [0.15, 0.2) is 5.69 Å². The Labute approximate surface area is 113 Å². The highest BCUT2D eigenvalue weighted by Crippen LogP contribution is 2.35. The molecule has 1 saturated carbocycles. The lowest BCUT2D eigenvalue weighted by Crippen LogP contribution is -2.21. The molecule has 1 amide bonds. The van der Waals surface area contributed by atoms with Gasteiger partial charge in [-0.1, -0.05) is 12.8 Å². The molecule has 0 aromatic carbocycles. The van der Waals surface area contributed by atoms with Gasteiger partial charge in [0.25, 0.3) is 5.91 Å². The Morgan fingerprint density at radius 2 is 2.00 bits per heavy atom. The van der Waals surface area contributed by atoms with Crippen molar-refractivity contribution < 1.29 is 4.79 Å². The molecule has 0 unspecified atom stereocenters. The minimum absolute atomic E-state index is 0.386. The van der Waals surface area contributed by atoms with Crippen molar-refractivity contribution in [3.05, 3.63) is 17.2 Å². The number of hydrogen-bond acceptors (Lipinski definition) is 3. The molecule has 2 N–H and O–H groups in total. The molecule has 0 atom stereocenters. The van der Waals surface area contributed by atoms with Crippen LogP contribution in [0.2, 0.25) is 0 Å². The van der Waals surface area contributed by atoms with Gasteiger partial charge in [-0.2, -0.15) is 0 Å². The summed E-state index contributed by atoms with van der Waals surface area (Å²) in [6.07, 6.45) is 6.06. The predicted molar refractivity (Wildman–Crippen MR) is 72.9 cm³/mol. The van der Waals surface area contributed by atoms with E-state index in [1.807, 2.05) is 0 Å². The Morgan fingerprint density at radius 1 is 1.26 bits per heavy atom. The quantitative estimate of drug-likeness (QED) is 0.878. The van der Waals surface area contributed by atoms with E-state index in [1.54, 1.807) is 0 Å². The molecule has 0 radical (unpaired) electrons. The monoisotopic (exact) mass is 262 g/mol.